The van der Waals surface area contributed by atoms with E-state index < -0.39 is 17.6 Å². The van der Waals surface area contributed by atoms with E-state index in [0.29, 0.717) is 6.20 Å². The summed E-state index contributed by atoms with van der Waals surface area (Å²) in [6.07, 6.45) is -3.77. The van der Waals surface area contributed by atoms with Gasteiger partial charge in [-0.1, -0.05) is 6.07 Å². The molecule has 0 unspecified atom stereocenters. The van der Waals surface area contributed by atoms with E-state index in [1.807, 2.05) is 0 Å². The van der Waals surface area contributed by atoms with Gasteiger partial charge in [0.2, 0.25) is 11.8 Å². The topological polar surface area (TPSA) is 65.2 Å². The summed E-state index contributed by atoms with van der Waals surface area (Å²) in [6, 6.07) is 7.91. The molecule has 7 heteroatoms. The molecule has 0 bridgehead atoms. The van der Waals surface area contributed by atoms with E-state index in [1.165, 1.54) is 18.2 Å². The number of ether oxygens (including phenoxy) is 1. The molecule has 2 aromatic rings. The number of aromatic nitrogens is 1. The minimum atomic E-state index is -4.45. The van der Waals surface area contributed by atoms with Crippen molar-refractivity contribution < 1.29 is 22.7 Å². The Morgan fingerprint density at radius 3 is 2.50 bits per heavy atom. The molecule has 104 valence electrons. The summed E-state index contributed by atoms with van der Waals surface area (Å²) >= 11 is 0. The normalized spacial score (nSPS) is 11.2. The van der Waals surface area contributed by atoms with Crippen LogP contribution in [0.5, 0.6) is 11.6 Å². The lowest BCUT2D eigenvalue weighted by Gasteiger charge is -2.08. The van der Waals surface area contributed by atoms with Gasteiger partial charge in [0, 0.05) is 17.8 Å². The first-order valence-electron chi connectivity index (χ1n) is 5.47. The summed E-state index contributed by atoms with van der Waals surface area (Å²) in [6.45, 7) is 0. The predicted octanol–water partition coefficient (Wildman–Crippen LogP) is 2.99. The van der Waals surface area contributed by atoms with E-state index in [2.05, 4.69) is 4.98 Å². The van der Waals surface area contributed by atoms with Crippen LogP contribution in [-0.2, 0) is 6.18 Å². The Labute approximate surface area is 112 Å². The van der Waals surface area contributed by atoms with E-state index in [0.717, 1.165) is 12.1 Å². The molecule has 0 aliphatic carbocycles. The lowest BCUT2D eigenvalue weighted by molar-refractivity contribution is -0.137. The zero-order valence-electron chi connectivity index (χ0n) is 10.0. The lowest BCUT2D eigenvalue weighted by Crippen LogP contribution is -2.10. The standard InChI is InChI=1S/C13H9F3N2O2/c14-13(15,16)9-4-5-11(18-7-9)20-10-3-1-2-8(6-10)12(17)19/h1-7H,(H2,17,19). The van der Waals surface area contributed by atoms with Crippen LogP contribution in [0.1, 0.15) is 15.9 Å². The number of rotatable bonds is 3. The third kappa shape index (κ3) is 3.25. The van der Waals surface area contributed by atoms with Gasteiger partial charge in [0.1, 0.15) is 5.75 Å². The van der Waals surface area contributed by atoms with Crippen molar-refractivity contribution in [1.82, 2.24) is 4.98 Å². The van der Waals surface area contributed by atoms with Crippen LogP contribution in [0.3, 0.4) is 0 Å². The second-order valence-electron chi connectivity index (χ2n) is 3.88. The summed E-state index contributed by atoms with van der Waals surface area (Å²) in [5, 5.41) is 0. The van der Waals surface area contributed by atoms with E-state index in [1.54, 1.807) is 6.07 Å². The molecule has 1 heterocycles. The maximum absolute atomic E-state index is 12.4. The first-order valence-corrected chi connectivity index (χ1v) is 5.47. The molecule has 4 nitrogen and oxygen atoms in total. The monoisotopic (exact) mass is 282 g/mol. The van der Waals surface area contributed by atoms with Gasteiger partial charge in [-0.2, -0.15) is 13.2 Å². The van der Waals surface area contributed by atoms with Crippen LogP contribution in [-0.4, -0.2) is 10.9 Å². The Morgan fingerprint density at radius 1 is 1.20 bits per heavy atom. The fourth-order valence-electron chi connectivity index (χ4n) is 1.44. The van der Waals surface area contributed by atoms with Gasteiger partial charge in [-0.3, -0.25) is 4.79 Å². The molecule has 1 amide bonds. The van der Waals surface area contributed by atoms with Gasteiger partial charge in [0.05, 0.1) is 5.56 Å². The van der Waals surface area contributed by atoms with Crippen LogP contribution in [0.2, 0.25) is 0 Å². The molecule has 0 saturated heterocycles. The maximum atomic E-state index is 12.4. The Hall–Kier alpha value is -2.57. The van der Waals surface area contributed by atoms with Crippen molar-refractivity contribution in [2.24, 2.45) is 5.73 Å². The van der Waals surface area contributed by atoms with Gasteiger partial charge in [0.15, 0.2) is 0 Å². The summed E-state index contributed by atoms with van der Waals surface area (Å²) in [5.74, 6) is -0.385. The third-order valence-electron chi connectivity index (χ3n) is 2.40. The van der Waals surface area contributed by atoms with Crippen molar-refractivity contribution in [3.8, 4) is 11.6 Å². The predicted molar refractivity (Wildman–Crippen MR) is 64.3 cm³/mol. The van der Waals surface area contributed by atoms with Crippen LogP contribution in [0.25, 0.3) is 0 Å². The number of nitrogens with two attached hydrogens (primary N) is 1. The molecule has 1 aromatic heterocycles. The molecule has 0 spiro atoms. The number of amides is 1. The molecule has 20 heavy (non-hydrogen) atoms. The van der Waals surface area contributed by atoms with Crippen molar-refractivity contribution in [2.45, 2.75) is 6.18 Å². The van der Waals surface area contributed by atoms with Crippen molar-refractivity contribution >= 4 is 5.91 Å². The highest BCUT2D eigenvalue weighted by Crippen LogP contribution is 2.30. The number of nitrogens with zero attached hydrogens (tertiary/aromatic N) is 1. The van der Waals surface area contributed by atoms with Gasteiger partial charge in [-0.25, -0.2) is 4.98 Å². The van der Waals surface area contributed by atoms with Crippen LogP contribution in [0.15, 0.2) is 42.6 Å². The molecule has 2 N–H and O–H groups in total. The summed E-state index contributed by atoms with van der Waals surface area (Å²) in [4.78, 5) is 14.5. The van der Waals surface area contributed by atoms with Crippen LogP contribution in [0, 0.1) is 0 Å². The molecule has 2 rings (SSSR count). The molecule has 0 aliphatic heterocycles. The van der Waals surface area contributed by atoms with E-state index in [4.69, 9.17) is 10.5 Å². The van der Waals surface area contributed by atoms with Gasteiger partial charge < -0.3 is 10.5 Å². The largest absolute Gasteiger partial charge is 0.439 e. The number of benzene rings is 1. The van der Waals surface area contributed by atoms with E-state index in [9.17, 15) is 18.0 Å². The molecular weight excluding hydrogens is 273 g/mol. The Kier molecular flexibility index (Phi) is 3.60. The van der Waals surface area contributed by atoms with Gasteiger partial charge in [-0.15, -0.1) is 0 Å². The summed E-state index contributed by atoms with van der Waals surface area (Å²) < 4.78 is 42.3. The number of hydrogen-bond donors (Lipinski definition) is 1. The smallest absolute Gasteiger partial charge is 0.417 e. The molecule has 0 saturated carbocycles. The van der Waals surface area contributed by atoms with E-state index >= 15 is 0 Å². The maximum Gasteiger partial charge on any atom is 0.417 e. The Morgan fingerprint density at radius 2 is 1.95 bits per heavy atom. The zero-order valence-corrected chi connectivity index (χ0v) is 10.0. The second-order valence-corrected chi connectivity index (χ2v) is 3.88. The molecule has 0 radical (unpaired) electrons. The third-order valence-corrected chi connectivity index (χ3v) is 2.40. The number of halogens is 3. The highest BCUT2D eigenvalue weighted by Gasteiger charge is 2.30. The van der Waals surface area contributed by atoms with Crippen molar-refractivity contribution in [2.75, 3.05) is 0 Å². The number of carbonyl (C=O) groups excluding carboxylic acids is 1. The van der Waals surface area contributed by atoms with Gasteiger partial charge in [0.25, 0.3) is 0 Å². The number of carbonyl (C=O) groups is 1. The van der Waals surface area contributed by atoms with Gasteiger partial charge >= 0.3 is 6.18 Å². The summed E-state index contributed by atoms with van der Waals surface area (Å²) in [7, 11) is 0. The quantitative estimate of drug-likeness (QED) is 0.941. The minimum absolute atomic E-state index is 0.0142. The average molecular weight is 282 g/mol. The highest BCUT2D eigenvalue weighted by atomic mass is 19.4. The SMILES string of the molecule is NC(=O)c1cccc(Oc2ccc(C(F)(F)F)cn2)c1. The van der Waals surface area contributed by atoms with Crippen LogP contribution < -0.4 is 10.5 Å². The molecular formula is C13H9F3N2O2. The van der Waals surface area contributed by atoms with Crippen LogP contribution in [0.4, 0.5) is 13.2 Å². The lowest BCUT2D eigenvalue weighted by atomic mass is 10.2. The second kappa shape index (κ2) is 5.20. The summed E-state index contributed by atoms with van der Waals surface area (Å²) in [5.41, 5.74) is 4.47. The number of alkyl halides is 3. The Bertz CT molecular complexity index is 624. The fourth-order valence-corrected chi connectivity index (χ4v) is 1.44. The first-order chi connectivity index (χ1) is 9.36. The number of primary amides is 1. The van der Waals surface area contributed by atoms with E-state index in [-0.39, 0.29) is 17.2 Å². The van der Waals surface area contributed by atoms with Crippen molar-refractivity contribution in [3.05, 3.63) is 53.7 Å². The average Bonchev–Trinajstić information content (AvgIpc) is 2.38. The molecule has 0 atom stereocenters. The minimum Gasteiger partial charge on any atom is -0.439 e. The van der Waals surface area contributed by atoms with Crippen LogP contribution >= 0.6 is 0 Å². The molecule has 0 aliphatic rings. The Balaban J connectivity index is 2.18. The highest BCUT2D eigenvalue weighted by molar-refractivity contribution is 5.93. The van der Waals surface area contributed by atoms with Crippen molar-refractivity contribution in [3.63, 3.8) is 0 Å². The fraction of sp³-hybridized carbons (Fsp3) is 0.0769. The molecule has 0 fully saturated rings. The first kappa shape index (κ1) is 13.9. The zero-order chi connectivity index (χ0) is 14.8. The van der Waals surface area contributed by atoms with Crippen molar-refractivity contribution in [1.29, 1.82) is 0 Å². The molecule has 1 aromatic carbocycles. The number of hydrogen-bond acceptors (Lipinski definition) is 3. The van der Waals surface area contributed by atoms with Gasteiger partial charge in [-0.05, 0) is 24.3 Å². The number of pyridine rings is 1.